The van der Waals surface area contributed by atoms with Crippen LogP contribution in [0.1, 0.15) is 17.3 Å². The van der Waals surface area contributed by atoms with Gasteiger partial charge in [0.05, 0.1) is 29.9 Å². The van der Waals surface area contributed by atoms with Crippen LogP contribution in [0.3, 0.4) is 0 Å². The van der Waals surface area contributed by atoms with Gasteiger partial charge >= 0.3 is 0 Å². The van der Waals surface area contributed by atoms with Crippen LogP contribution in [0, 0.1) is 5.82 Å². The first-order valence-electron chi connectivity index (χ1n) is 9.16. The molecule has 2 aromatic carbocycles. The molecule has 1 heterocycles. The molecule has 0 saturated carbocycles. The smallest absolute Gasteiger partial charge is 0.255 e. The number of alkyl halides is 1. The monoisotopic (exact) mass is 427 g/mol. The molecule has 0 bridgehead atoms. The maximum Gasteiger partial charge on any atom is 0.255 e. The van der Waals surface area contributed by atoms with Gasteiger partial charge in [-0.2, -0.15) is 0 Å². The Labute approximate surface area is 178 Å². The zero-order valence-electron chi connectivity index (χ0n) is 16.1. The van der Waals surface area contributed by atoms with Crippen molar-refractivity contribution in [1.82, 2.24) is 4.98 Å². The van der Waals surface area contributed by atoms with Gasteiger partial charge < -0.3 is 15.4 Å². The predicted molar refractivity (Wildman–Crippen MR) is 115 cm³/mol. The Morgan fingerprint density at radius 1 is 1.10 bits per heavy atom. The molecule has 0 aliphatic rings. The summed E-state index contributed by atoms with van der Waals surface area (Å²) in [6.45, 7) is 2.21. The molecular formula is C22H19ClFN3O3. The Hall–Kier alpha value is -3.45. The van der Waals surface area contributed by atoms with Crippen LogP contribution in [0.4, 0.5) is 15.8 Å². The van der Waals surface area contributed by atoms with Crippen LogP contribution in [0.2, 0.25) is 0 Å². The number of aromatic nitrogens is 1. The molecule has 0 fully saturated rings. The van der Waals surface area contributed by atoms with Crippen molar-refractivity contribution in [3.63, 3.8) is 0 Å². The standard InChI is InChI=1S/C22H19ClFN3O3/c1-2-30-20-10-7-14(11-19(20)27-21(28)12-23)22(29)26-15-8-9-18(25-13-15)16-5-3-4-6-17(16)24/h3-11,13H,2,12H2,1H3,(H,26,29)(H,27,28). The summed E-state index contributed by atoms with van der Waals surface area (Å²) in [6, 6.07) is 14.3. The minimum absolute atomic E-state index is 0.220. The summed E-state index contributed by atoms with van der Waals surface area (Å²) < 4.78 is 19.4. The molecular weight excluding hydrogens is 409 g/mol. The van der Waals surface area contributed by atoms with Gasteiger partial charge in [-0.15, -0.1) is 11.6 Å². The van der Waals surface area contributed by atoms with Crippen molar-refractivity contribution in [3.05, 3.63) is 72.2 Å². The second kappa shape index (κ2) is 9.84. The first kappa shape index (κ1) is 21.3. The normalized spacial score (nSPS) is 10.4. The maximum absolute atomic E-state index is 13.9. The van der Waals surface area contributed by atoms with Crippen LogP contribution < -0.4 is 15.4 Å². The second-order valence-electron chi connectivity index (χ2n) is 6.19. The van der Waals surface area contributed by atoms with Crippen LogP contribution in [0.15, 0.2) is 60.8 Å². The average Bonchev–Trinajstić information content (AvgIpc) is 2.76. The van der Waals surface area contributed by atoms with E-state index in [0.717, 1.165) is 0 Å². The van der Waals surface area contributed by atoms with E-state index in [1.54, 1.807) is 42.5 Å². The Balaban J connectivity index is 1.77. The predicted octanol–water partition coefficient (Wildman–Crippen LogP) is 4.72. The van der Waals surface area contributed by atoms with Crippen LogP contribution in [-0.4, -0.2) is 29.3 Å². The molecule has 6 nitrogen and oxygen atoms in total. The van der Waals surface area contributed by atoms with Gasteiger partial charge in [-0.3, -0.25) is 14.6 Å². The van der Waals surface area contributed by atoms with Crippen molar-refractivity contribution in [2.45, 2.75) is 6.92 Å². The van der Waals surface area contributed by atoms with Gasteiger partial charge in [-0.05, 0) is 49.4 Å². The number of anilines is 2. The molecule has 1 aromatic heterocycles. The summed E-state index contributed by atoms with van der Waals surface area (Å²) in [4.78, 5) is 28.5. The molecule has 3 aromatic rings. The van der Waals surface area contributed by atoms with Gasteiger partial charge in [0.2, 0.25) is 5.91 Å². The van der Waals surface area contributed by atoms with Crippen molar-refractivity contribution in [3.8, 4) is 17.0 Å². The Kier molecular flexibility index (Phi) is 6.98. The number of pyridine rings is 1. The highest BCUT2D eigenvalue weighted by molar-refractivity contribution is 6.29. The van der Waals surface area contributed by atoms with E-state index < -0.39 is 11.8 Å². The summed E-state index contributed by atoms with van der Waals surface area (Å²) in [5.74, 6) is -0.976. The lowest BCUT2D eigenvalue weighted by Gasteiger charge is -2.13. The quantitative estimate of drug-likeness (QED) is 0.535. The van der Waals surface area contributed by atoms with Gasteiger partial charge in [0.25, 0.3) is 5.91 Å². The van der Waals surface area contributed by atoms with E-state index in [1.165, 1.54) is 18.3 Å². The summed E-state index contributed by atoms with van der Waals surface area (Å²) in [6.07, 6.45) is 1.45. The number of amides is 2. The minimum atomic E-state index is -0.414. The number of benzene rings is 2. The number of nitrogens with one attached hydrogen (secondary N) is 2. The minimum Gasteiger partial charge on any atom is -0.492 e. The molecule has 0 radical (unpaired) electrons. The zero-order chi connectivity index (χ0) is 21.5. The van der Waals surface area contributed by atoms with Crippen molar-refractivity contribution < 1.29 is 18.7 Å². The van der Waals surface area contributed by atoms with E-state index in [0.29, 0.717) is 40.6 Å². The summed E-state index contributed by atoms with van der Waals surface area (Å²) in [7, 11) is 0. The largest absolute Gasteiger partial charge is 0.492 e. The fourth-order valence-electron chi connectivity index (χ4n) is 2.73. The lowest BCUT2D eigenvalue weighted by atomic mass is 10.1. The van der Waals surface area contributed by atoms with E-state index >= 15 is 0 Å². The number of halogens is 2. The second-order valence-corrected chi connectivity index (χ2v) is 6.46. The topological polar surface area (TPSA) is 80.3 Å². The first-order chi connectivity index (χ1) is 14.5. The highest BCUT2D eigenvalue weighted by Crippen LogP contribution is 2.27. The third-order valence-corrected chi connectivity index (χ3v) is 4.35. The molecule has 3 rings (SSSR count). The van der Waals surface area contributed by atoms with Crippen molar-refractivity contribution in [2.75, 3.05) is 23.1 Å². The fraction of sp³-hybridized carbons (Fsp3) is 0.136. The number of nitrogens with zero attached hydrogens (tertiary/aromatic N) is 1. The van der Waals surface area contributed by atoms with Crippen LogP contribution >= 0.6 is 11.6 Å². The molecule has 154 valence electrons. The Morgan fingerprint density at radius 3 is 2.57 bits per heavy atom. The molecule has 0 saturated heterocycles. The van der Waals surface area contributed by atoms with Gasteiger partial charge in [-0.25, -0.2) is 4.39 Å². The third-order valence-electron chi connectivity index (χ3n) is 4.11. The lowest BCUT2D eigenvalue weighted by molar-refractivity contribution is -0.113. The van der Waals surface area contributed by atoms with Crippen LogP contribution in [0.5, 0.6) is 5.75 Å². The molecule has 30 heavy (non-hydrogen) atoms. The molecule has 0 spiro atoms. The fourth-order valence-corrected chi connectivity index (χ4v) is 2.80. The van der Waals surface area contributed by atoms with Gasteiger partial charge in [0.15, 0.2) is 0 Å². The molecule has 2 amide bonds. The van der Waals surface area contributed by atoms with Crippen molar-refractivity contribution in [1.29, 1.82) is 0 Å². The average molecular weight is 428 g/mol. The van der Waals surface area contributed by atoms with E-state index in [-0.39, 0.29) is 11.7 Å². The van der Waals surface area contributed by atoms with Crippen molar-refractivity contribution >= 4 is 34.8 Å². The summed E-state index contributed by atoms with van der Waals surface area (Å²) >= 11 is 5.55. The molecule has 0 aliphatic carbocycles. The van der Waals surface area contributed by atoms with Gasteiger partial charge in [0, 0.05) is 11.1 Å². The SMILES string of the molecule is CCOc1ccc(C(=O)Nc2ccc(-c3ccccc3F)nc2)cc1NC(=O)CCl. The molecule has 0 unspecified atom stereocenters. The molecule has 8 heteroatoms. The van der Waals surface area contributed by atoms with Crippen LogP contribution in [0.25, 0.3) is 11.3 Å². The highest BCUT2D eigenvalue weighted by atomic mass is 35.5. The van der Waals surface area contributed by atoms with E-state index in [4.69, 9.17) is 16.3 Å². The molecule has 0 aliphatic heterocycles. The number of ether oxygens (including phenoxy) is 1. The molecule has 0 atom stereocenters. The van der Waals surface area contributed by atoms with E-state index in [9.17, 15) is 14.0 Å². The number of carbonyl (C=O) groups is 2. The number of hydrogen-bond acceptors (Lipinski definition) is 4. The van der Waals surface area contributed by atoms with Crippen LogP contribution in [-0.2, 0) is 4.79 Å². The highest BCUT2D eigenvalue weighted by Gasteiger charge is 2.13. The zero-order valence-corrected chi connectivity index (χ0v) is 16.9. The maximum atomic E-state index is 13.9. The Bertz CT molecular complexity index is 1060. The van der Waals surface area contributed by atoms with Crippen molar-refractivity contribution in [2.24, 2.45) is 0 Å². The first-order valence-corrected chi connectivity index (χ1v) is 9.70. The number of hydrogen-bond donors (Lipinski definition) is 2. The number of carbonyl (C=O) groups excluding carboxylic acids is 2. The third kappa shape index (κ3) is 5.12. The van der Waals surface area contributed by atoms with Gasteiger partial charge in [-0.1, -0.05) is 12.1 Å². The summed E-state index contributed by atoms with van der Waals surface area (Å²) in [5, 5.41) is 5.33. The Morgan fingerprint density at radius 2 is 1.90 bits per heavy atom. The van der Waals surface area contributed by atoms with Gasteiger partial charge in [0.1, 0.15) is 17.4 Å². The van der Waals surface area contributed by atoms with E-state index in [1.807, 2.05) is 6.92 Å². The number of rotatable bonds is 7. The van der Waals surface area contributed by atoms with E-state index in [2.05, 4.69) is 15.6 Å². The summed E-state index contributed by atoms with van der Waals surface area (Å²) in [5.41, 5.74) is 1.94. The molecule has 2 N–H and O–H groups in total. The lowest BCUT2D eigenvalue weighted by Crippen LogP contribution is -2.16.